The largest absolute Gasteiger partial charge is 0.456 e. The van der Waals surface area contributed by atoms with Gasteiger partial charge in [-0.2, -0.15) is 0 Å². The van der Waals surface area contributed by atoms with Gasteiger partial charge in [0, 0.05) is 17.5 Å². The predicted octanol–water partition coefficient (Wildman–Crippen LogP) is 2.69. The van der Waals surface area contributed by atoms with Gasteiger partial charge in [0.25, 0.3) is 0 Å². The molecule has 0 amide bonds. The lowest BCUT2D eigenvalue weighted by Gasteiger charge is -2.05. The van der Waals surface area contributed by atoms with Crippen molar-refractivity contribution < 1.29 is 9.66 Å². The minimum atomic E-state index is -0.319. The van der Waals surface area contributed by atoms with E-state index in [4.69, 9.17) is 4.74 Å². The van der Waals surface area contributed by atoms with Gasteiger partial charge in [0.2, 0.25) is 6.54 Å². The molecule has 0 saturated heterocycles. The van der Waals surface area contributed by atoms with Gasteiger partial charge in [-0.3, -0.25) is 15.1 Å². The van der Waals surface area contributed by atoms with Crippen molar-refractivity contribution in [3.8, 4) is 11.5 Å². The van der Waals surface area contributed by atoms with Gasteiger partial charge in [-0.05, 0) is 29.8 Å². The Kier molecular flexibility index (Phi) is 3.86. The summed E-state index contributed by atoms with van der Waals surface area (Å²) >= 11 is 0. The highest BCUT2D eigenvalue weighted by molar-refractivity contribution is 5.31. The van der Waals surface area contributed by atoms with Crippen molar-refractivity contribution >= 4 is 0 Å². The highest BCUT2D eigenvalue weighted by Gasteiger charge is 2.01. The molecule has 0 bridgehead atoms. The summed E-state index contributed by atoms with van der Waals surface area (Å²) in [5.74, 6) is 1.35. The number of benzene rings is 1. The third kappa shape index (κ3) is 3.55. The van der Waals surface area contributed by atoms with Crippen LogP contribution in [-0.2, 0) is 6.42 Å². The molecule has 0 aliphatic carbocycles. The van der Waals surface area contributed by atoms with Crippen molar-refractivity contribution in [2.45, 2.75) is 6.42 Å². The van der Waals surface area contributed by atoms with Crippen LogP contribution in [0.2, 0.25) is 0 Å². The number of nitrogens with zero attached hydrogens (tertiary/aromatic N) is 2. The van der Waals surface area contributed by atoms with E-state index >= 15 is 0 Å². The van der Waals surface area contributed by atoms with E-state index < -0.39 is 0 Å². The highest BCUT2D eigenvalue weighted by atomic mass is 16.6. The summed E-state index contributed by atoms with van der Waals surface area (Å²) in [6.07, 6.45) is 3.73. The first-order valence-corrected chi connectivity index (χ1v) is 5.52. The normalized spacial score (nSPS) is 10.0. The molecule has 18 heavy (non-hydrogen) atoms. The molecule has 1 aromatic heterocycles. The second kappa shape index (κ2) is 5.77. The predicted molar refractivity (Wildman–Crippen MR) is 66.3 cm³/mol. The average molecular weight is 244 g/mol. The van der Waals surface area contributed by atoms with Gasteiger partial charge in [0.15, 0.2) is 0 Å². The molecule has 2 aromatic rings. The second-order valence-corrected chi connectivity index (χ2v) is 3.74. The van der Waals surface area contributed by atoms with Crippen LogP contribution in [-0.4, -0.2) is 16.5 Å². The summed E-state index contributed by atoms with van der Waals surface area (Å²) in [5.41, 5.74) is 0.922. The smallest absolute Gasteiger partial charge is 0.207 e. The van der Waals surface area contributed by atoms with E-state index in [2.05, 4.69) is 4.98 Å². The standard InChI is InChI=1S/C13H12N2O3/c16-15(17)9-7-11-3-5-12(6-4-11)18-13-2-1-8-14-10-13/h1-6,8,10H,7,9H2. The first-order valence-electron chi connectivity index (χ1n) is 5.52. The van der Waals surface area contributed by atoms with Crippen molar-refractivity contribution in [1.82, 2.24) is 4.98 Å². The van der Waals surface area contributed by atoms with Gasteiger partial charge in [0.1, 0.15) is 11.5 Å². The number of ether oxygens (including phenoxy) is 1. The molecule has 0 saturated carbocycles. The lowest BCUT2D eigenvalue weighted by molar-refractivity contribution is -0.479. The molecular formula is C13H12N2O3. The molecule has 1 aromatic carbocycles. The summed E-state index contributed by atoms with van der Waals surface area (Å²) in [5, 5.41) is 10.3. The van der Waals surface area contributed by atoms with Gasteiger partial charge in [0.05, 0.1) is 6.20 Å². The maximum Gasteiger partial charge on any atom is 0.207 e. The fourth-order valence-electron chi connectivity index (χ4n) is 1.49. The molecular weight excluding hydrogens is 232 g/mol. The van der Waals surface area contributed by atoms with E-state index in [0.29, 0.717) is 17.9 Å². The van der Waals surface area contributed by atoms with Crippen LogP contribution in [0.4, 0.5) is 0 Å². The quantitative estimate of drug-likeness (QED) is 0.599. The molecule has 0 radical (unpaired) electrons. The Morgan fingerprint density at radius 2 is 1.94 bits per heavy atom. The number of hydrogen-bond acceptors (Lipinski definition) is 4. The highest BCUT2D eigenvalue weighted by Crippen LogP contribution is 2.20. The van der Waals surface area contributed by atoms with Crippen LogP contribution in [0.5, 0.6) is 11.5 Å². The summed E-state index contributed by atoms with van der Waals surface area (Å²) in [6, 6.07) is 10.9. The van der Waals surface area contributed by atoms with Crippen LogP contribution in [0, 0.1) is 10.1 Å². The number of hydrogen-bond donors (Lipinski definition) is 0. The third-order valence-corrected chi connectivity index (χ3v) is 2.38. The van der Waals surface area contributed by atoms with Crippen LogP contribution < -0.4 is 4.74 Å². The Bertz CT molecular complexity index is 512. The Morgan fingerprint density at radius 1 is 1.17 bits per heavy atom. The Balaban J connectivity index is 1.97. The summed E-state index contributed by atoms with van der Waals surface area (Å²) in [4.78, 5) is 13.9. The molecule has 5 heteroatoms. The molecule has 2 rings (SSSR count). The van der Waals surface area contributed by atoms with Crippen LogP contribution >= 0.6 is 0 Å². The van der Waals surface area contributed by atoms with E-state index in [1.54, 1.807) is 30.6 Å². The number of pyridine rings is 1. The van der Waals surface area contributed by atoms with Crippen LogP contribution in [0.1, 0.15) is 5.56 Å². The summed E-state index contributed by atoms with van der Waals surface area (Å²) in [6.45, 7) is -0.0528. The zero-order valence-corrected chi connectivity index (χ0v) is 9.65. The van der Waals surface area contributed by atoms with Crippen LogP contribution in [0.15, 0.2) is 48.8 Å². The van der Waals surface area contributed by atoms with Gasteiger partial charge in [-0.25, -0.2) is 0 Å². The molecule has 0 fully saturated rings. The van der Waals surface area contributed by atoms with Gasteiger partial charge < -0.3 is 4.74 Å². The van der Waals surface area contributed by atoms with Crippen LogP contribution in [0.25, 0.3) is 0 Å². The molecule has 0 aliphatic rings. The van der Waals surface area contributed by atoms with E-state index in [9.17, 15) is 10.1 Å². The zero-order valence-electron chi connectivity index (χ0n) is 9.65. The maximum absolute atomic E-state index is 10.3. The molecule has 5 nitrogen and oxygen atoms in total. The molecule has 92 valence electrons. The average Bonchev–Trinajstić information content (AvgIpc) is 2.39. The Labute approximate surface area is 104 Å². The first-order chi connectivity index (χ1) is 8.74. The first kappa shape index (κ1) is 12.0. The third-order valence-electron chi connectivity index (χ3n) is 2.38. The molecule has 0 spiro atoms. The number of nitro groups is 1. The van der Waals surface area contributed by atoms with Gasteiger partial charge in [-0.1, -0.05) is 12.1 Å². The molecule has 0 unspecified atom stereocenters. The number of rotatable bonds is 5. The Hall–Kier alpha value is -2.43. The van der Waals surface area contributed by atoms with Crippen molar-refractivity contribution in [2.75, 3.05) is 6.54 Å². The van der Waals surface area contributed by atoms with Crippen molar-refractivity contribution in [3.63, 3.8) is 0 Å². The molecule has 0 N–H and O–H groups in total. The van der Waals surface area contributed by atoms with Crippen LogP contribution in [0.3, 0.4) is 0 Å². The molecule has 0 atom stereocenters. The molecule has 1 heterocycles. The summed E-state index contributed by atoms with van der Waals surface area (Å²) < 4.78 is 5.56. The SMILES string of the molecule is O=[N+]([O-])CCc1ccc(Oc2cccnc2)cc1. The van der Waals surface area contributed by atoms with Crippen molar-refractivity contribution in [1.29, 1.82) is 0 Å². The van der Waals surface area contributed by atoms with E-state index in [0.717, 1.165) is 5.56 Å². The zero-order chi connectivity index (χ0) is 12.8. The van der Waals surface area contributed by atoms with Crippen molar-refractivity contribution in [2.24, 2.45) is 0 Å². The monoisotopic (exact) mass is 244 g/mol. The maximum atomic E-state index is 10.3. The van der Waals surface area contributed by atoms with Crippen molar-refractivity contribution in [3.05, 3.63) is 64.5 Å². The molecule has 0 aliphatic heterocycles. The fraction of sp³-hybridized carbons (Fsp3) is 0.154. The fourth-order valence-corrected chi connectivity index (χ4v) is 1.49. The van der Waals surface area contributed by atoms with Gasteiger partial charge >= 0.3 is 0 Å². The van der Waals surface area contributed by atoms with E-state index in [1.165, 1.54) is 0 Å². The number of aromatic nitrogens is 1. The summed E-state index contributed by atoms with van der Waals surface area (Å²) in [7, 11) is 0. The lowest BCUT2D eigenvalue weighted by atomic mass is 10.1. The Morgan fingerprint density at radius 3 is 2.56 bits per heavy atom. The minimum Gasteiger partial charge on any atom is -0.456 e. The van der Waals surface area contributed by atoms with Gasteiger partial charge in [-0.15, -0.1) is 0 Å². The van der Waals surface area contributed by atoms with E-state index in [-0.39, 0.29) is 11.5 Å². The second-order valence-electron chi connectivity index (χ2n) is 3.74. The topological polar surface area (TPSA) is 65.3 Å². The lowest BCUT2D eigenvalue weighted by Crippen LogP contribution is -2.03. The minimum absolute atomic E-state index is 0.0528. The van der Waals surface area contributed by atoms with E-state index in [1.807, 2.05) is 18.2 Å².